The maximum absolute atomic E-state index is 12.0. The lowest BCUT2D eigenvalue weighted by Crippen LogP contribution is -2.32. The molecule has 3 rings (SSSR count). The predicted molar refractivity (Wildman–Crippen MR) is 70.4 cm³/mol. The van der Waals surface area contributed by atoms with Crippen molar-refractivity contribution in [3.8, 4) is 0 Å². The van der Waals surface area contributed by atoms with Gasteiger partial charge >= 0.3 is 0 Å². The van der Waals surface area contributed by atoms with Gasteiger partial charge in [0, 0.05) is 18.9 Å². The first-order valence-corrected chi connectivity index (χ1v) is 6.18. The second-order valence-corrected chi connectivity index (χ2v) is 4.60. The number of fused-ring (bicyclic) bond motifs is 1. The first-order chi connectivity index (χ1) is 9.18. The van der Waals surface area contributed by atoms with Gasteiger partial charge in [0.15, 0.2) is 0 Å². The lowest BCUT2D eigenvalue weighted by atomic mass is 10.1. The number of benzene rings is 1. The molecule has 0 radical (unpaired) electrons. The number of hydrogen-bond donors (Lipinski definition) is 0. The SMILES string of the molecule is O=C1C(=O)N(CCn2cccn2)c2cccc(Cl)c21. The van der Waals surface area contributed by atoms with Gasteiger partial charge in [0.05, 0.1) is 22.8 Å². The maximum atomic E-state index is 12.0. The lowest BCUT2D eigenvalue weighted by molar-refractivity contribution is -0.114. The van der Waals surface area contributed by atoms with Gasteiger partial charge < -0.3 is 4.90 Å². The first kappa shape index (κ1) is 11.9. The van der Waals surface area contributed by atoms with Crippen molar-refractivity contribution in [2.75, 3.05) is 11.4 Å². The number of anilines is 1. The third-order valence-electron chi connectivity index (χ3n) is 3.06. The van der Waals surface area contributed by atoms with Crippen LogP contribution >= 0.6 is 11.6 Å². The van der Waals surface area contributed by atoms with Crippen LogP contribution in [-0.4, -0.2) is 28.0 Å². The fourth-order valence-corrected chi connectivity index (χ4v) is 2.41. The molecule has 0 spiro atoms. The van der Waals surface area contributed by atoms with Crippen LogP contribution < -0.4 is 4.90 Å². The minimum absolute atomic E-state index is 0.301. The van der Waals surface area contributed by atoms with Crippen LogP contribution in [0.25, 0.3) is 0 Å². The number of carbonyl (C=O) groups is 2. The number of nitrogens with zero attached hydrogens (tertiary/aromatic N) is 3. The molecular weight excluding hydrogens is 266 g/mol. The van der Waals surface area contributed by atoms with E-state index in [4.69, 9.17) is 11.6 Å². The summed E-state index contributed by atoms with van der Waals surface area (Å²) < 4.78 is 1.71. The summed E-state index contributed by atoms with van der Waals surface area (Å²) in [7, 11) is 0. The van der Waals surface area contributed by atoms with Crippen molar-refractivity contribution in [1.82, 2.24) is 9.78 Å². The number of carbonyl (C=O) groups excluding carboxylic acids is 2. The second kappa shape index (κ2) is 4.51. The van der Waals surface area contributed by atoms with Crippen LogP contribution in [-0.2, 0) is 11.3 Å². The van der Waals surface area contributed by atoms with Crippen molar-refractivity contribution < 1.29 is 9.59 Å². The third kappa shape index (κ3) is 1.92. The Hall–Kier alpha value is -2.14. The van der Waals surface area contributed by atoms with Crippen LogP contribution in [0.4, 0.5) is 5.69 Å². The Bertz CT molecular complexity index is 652. The number of Topliss-reactive ketones (excluding diaryl/α,β-unsaturated/α-hetero) is 1. The highest BCUT2D eigenvalue weighted by molar-refractivity contribution is 6.55. The van der Waals surface area contributed by atoms with E-state index in [0.717, 1.165) is 0 Å². The second-order valence-electron chi connectivity index (χ2n) is 4.19. The molecule has 5 nitrogen and oxygen atoms in total. The summed E-state index contributed by atoms with van der Waals surface area (Å²) in [6, 6.07) is 6.88. The van der Waals surface area contributed by atoms with Gasteiger partial charge in [-0.05, 0) is 18.2 Å². The molecule has 0 N–H and O–H groups in total. The van der Waals surface area contributed by atoms with Gasteiger partial charge in [0.1, 0.15) is 0 Å². The zero-order chi connectivity index (χ0) is 13.4. The number of amides is 1. The summed E-state index contributed by atoms with van der Waals surface area (Å²) in [5.41, 5.74) is 0.879. The quantitative estimate of drug-likeness (QED) is 0.802. The van der Waals surface area contributed by atoms with E-state index in [1.54, 1.807) is 35.3 Å². The molecule has 1 amide bonds. The Labute approximate surface area is 114 Å². The average molecular weight is 276 g/mol. The average Bonchev–Trinajstić information content (AvgIpc) is 2.98. The van der Waals surface area contributed by atoms with Gasteiger partial charge in [0.25, 0.3) is 11.7 Å². The zero-order valence-corrected chi connectivity index (χ0v) is 10.7. The molecule has 0 saturated carbocycles. The van der Waals surface area contributed by atoms with Crippen molar-refractivity contribution in [3.63, 3.8) is 0 Å². The summed E-state index contributed by atoms with van der Waals surface area (Å²) in [6.45, 7) is 0.914. The molecule has 2 aromatic rings. The summed E-state index contributed by atoms with van der Waals surface area (Å²) in [4.78, 5) is 25.3. The largest absolute Gasteiger partial charge is 0.303 e. The molecule has 0 saturated heterocycles. The molecule has 1 aliphatic rings. The number of rotatable bonds is 3. The maximum Gasteiger partial charge on any atom is 0.299 e. The molecule has 19 heavy (non-hydrogen) atoms. The molecular formula is C13H10ClN3O2. The van der Waals surface area contributed by atoms with Gasteiger partial charge in [-0.25, -0.2) is 0 Å². The molecule has 1 aliphatic heterocycles. The van der Waals surface area contributed by atoms with Gasteiger partial charge in [0.2, 0.25) is 0 Å². The van der Waals surface area contributed by atoms with Crippen molar-refractivity contribution in [2.45, 2.75) is 6.54 Å². The molecule has 1 aromatic carbocycles. The van der Waals surface area contributed by atoms with Crippen LogP contribution in [0.1, 0.15) is 10.4 Å². The monoisotopic (exact) mass is 275 g/mol. The van der Waals surface area contributed by atoms with Crippen molar-refractivity contribution in [1.29, 1.82) is 0 Å². The van der Waals surface area contributed by atoms with Gasteiger partial charge in [-0.3, -0.25) is 14.3 Å². The Morgan fingerprint density at radius 2 is 2.00 bits per heavy atom. The lowest BCUT2D eigenvalue weighted by Gasteiger charge is -2.16. The zero-order valence-electron chi connectivity index (χ0n) is 9.91. The predicted octanol–water partition coefficient (Wildman–Crippen LogP) is 1.77. The Morgan fingerprint density at radius 1 is 1.16 bits per heavy atom. The smallest absolute Gasteiger partial charge is 0.299 e. The molecule has 0 bridgehead atoms. The molecule has 0 aliphatic carbocycles. The topological polar surface area (TPSA) is 55.2 Å². The van der Waals surface area contributed by atoms with Crippen molar-refractivity contribution in [2.24, 2.45) is 0 Å². The van der Waals surface area contributed by atoms with E-state index in [2.05, 4.69) is 5.10 Å². The number of halogens is 1. The van der Waals surface area contributed by atoms with E-state index in [1.165, 1.54) is 4.90 Å². The van der Waals surface area contributed by atoms with Gasteiger partial charge in [-0.15, -0.1) is 0 Å². The van der Waals surface area contributed by atoms with E-state index in [0.29, 0.717) is 29.4 Å². The van der Waals surface area contributed by atoms with Crippen molar-refractivity contribution in [3.05, 3.63) is 47.2 Å². The molecule has 0 atom stereocenters. The van der Waals surface area contributed by atoms with E-state index >= 15 is 0 Å². The summed E-state index contributed by atoms with van der Waals surface area (Å²) in [5.74, 6) is -1.07. The highest BCUT2D eigenvalue weighted by atomic mass is 35.5. The molecule has 1 aromatic heterocycles. The standard InChI is InChI=1S/C13H10ClN3O2/c14-9-3-1-4-10-11(9)12(18)13(19)17(10)8-7-16-6-2-5-15-16/h1-6H,7-8H2. The van der Waals surface area contributed by atoms with Crippen LogP contribution in [0.3, 0.4) is 0 Å². The summed E-state index contributed by atoms with van der Waals surface area (Å²) >= 11 is 5.98. The molecule has 0 unspecified atom stereocenters. The Balaban J connectivity index is 1.89. The third-order valence-corrected chi connectivity index (χ3v) is 3.38. The fraction of sp³-hybridized carbons (Fsp3) is 0.154. The van der Waals surface area contributed by atoms with E-state index < -0.39 is 11.7 Å². The van der Waals surface area contributed by atoms with Crippen LogP contribution in [0.5, 0.6) is 0 Å². The normalized spacial score (nSPS) is 14.1. The highest BCUT2D eigenvalue weighted by Gasteiger charge is 2.37. The fourth-order valence-electron chi connectivity index (χ4n) is 2.16. The molecule has 0 fully saturated rings. The van der Waals surface area contributed by atoms with Crippen LogP contribution in [0.15, 0.2) is 36.7 Å². The highest BCUT2D eigenvalue weighted by Crippen LogP contribution is 2.33. The van der Waals surface area contributed by atoms with E-state index in [1.807, 2.05) is 6.07 Å². The van der Waals surface area contributed by atoms with E-state index in [9.17, 15) is 9.59 Å². The minimum atomic E-state index is -0.541. The number of hydrogen-bond acceptors (Lipinski definition) is 3. The summed E-state index contributed by atoms with van der Waals surface area (Å²) in [5, 5.41) is 4.38. The Kier molecular flexibility index (Phi) is 2.83. The minimum Gasteiger partial charge on any atom is -0.303 e. The van der Waals surface area contributed by atoms with Crippen LogP contribution in [0, 0.1) is 0 Å². The van der Waals surface area contributed by atoms with Gasteiger partial charge in [-0.2, -0.15) is 5.10 Å². The van der Waals surface area contributed by atoms with Crippen molar-refractivity contribution >= 4 is 29.0 Å². The molecule has 96 valence electrons. The van der Waals surface area contributed by atoms with Crippen LogP contribution in [0.2, 0.25) is 5.02 Å². The van der Waals surface area contributed by atoms with E-state index in [-0.39, 0.29) is 0 Å². The number of aromatic nitrogens is 2. The van der Waals surface area contributed by atoms with Gasteiger partial charge in [-0.1, -0.05) is 17.7 Å². The number of ketones is 1. The molecule has 6 heteroatoms. The Morgan fingerprint density at radius 3 is 2.74 bits per heavy atom. The molecule has 2 heterocycles. The summed E-state index contributed by atoms with van der Waals surface area (Å²) in [6.07, 6.45) is 3.48. The first-order valence-electron chi connectivity index (χ1n) is 5.80.